The Bertz CT molecular complexity index is 539. The van der Waals surface area contributed by atoms with Crippen LogP contribution in [0.15, 0.2) is 0 Å². The van der Waals surface area contributed by atoms with Crippen molar-refractivity contribution in [1.82, 2.24) is 0 Å². The normalized spacial score (nSPS) is 21.9. The molecule has 0 aliphatic heterocycles. The van der Waals surface area contributed by atoms with Crippen molar-refractivity contribution in [3.05, 3.63) is 0 Å². The highest BCUT2D eigenvalue weighted by molar-refractivity contribution is 5.80. The highest BCUT2D eigenvalue weighted by Crippen LogP contribution is 2.42. The fraction of sp³-hybridized carbons (Fsp3) is 0.917. The summed E-state index contributed by atoms with van der Waals surface area (Å²) in [5, 5.41) is 0. The van der Waals surface area contributed by atoms with Gasteiger partial charge in [-0.3, -0.25) is 9.59 Å². The zero-order chi connectivity index (χ0) is 21.0. The molecule has 162 valence electrons. The summed E-state index contributed by atoms with van der Waals surface area (Å²) >= 11 is 0. The second-order valence-corrected chi connectivity index (χ2v) is 10.6. The Balaban J connectivity index is 2.01. The third kappa shape index (κ3) is 5.73. The lowest BCUT2D eigenvalue weighted by Gasteiger charge is -2.39. The summed E-state index contributed by atoms with van der Waals surface area (Å²) < 4.78 is 11.9. The van der Waals surface area contributed by atoms with E-state index in [1.54, 1.807) is 0 Å². The van der Waals surface area contributed by atoms with Gasteiger partial charge in [-0.05, 0) is 91.9 Å². The lowest BCUT2D eigenvalue weighted by Crippen LogP contribution is -2.44. The molecule has 1 atom stereocenters. The van der Waals surface area contributed by atoms with Crippen LogP contribution >= 0.6 is 0 Å². The highest BCUT2D eigenvalue weighted by Gasteiger charge is 2.46. The largest absolute Gasteiger partial charge is 0.462 e. The monoisotopic (exact) mass is 394 g/mol. The molecule has 28 heavy (non-hydrogen) atoms. The summed E-state index contributed by atoms with van der Waals surface area (Å²) in [5.41, 5.74) is -1.85. The average molecular weight is 395 g/mol. The highest BCUT2D eigenvalue weighted by atomic mass is 16.6. The molecule has 0 aromatic rings. The molecule has 2 aliphatic carbocycles. The fourth-order valence-electron chi connectivity index (χ4n) is 4.95. The molecule has 2 saturated carbocycles. The van der Waals surface area contributed by atoms with Crippen LogP contribution < -0.4 is 0 Å². The summed E-state index contributed by atoms with van der Waals surface area (Å²) in [5.74, 6) is 0.0780. The Labute approximate surface area is 172 Å². The number of esters is 2. The van der Waals surface area contributed by atoms with E-state index in [-0.39, 0.29) is 18.0 Å². The van der Waals surface area contributed by atoms with Crippen LogP contribution in [-0.2, 0) is 19.1 Å². The number of carbonyl (C=O) groups excluding carboxylic acids is 2. The van der Waals surface area contributed by atoms with Crippen LogP contribution in [0.1, 0.15) is 112 Å². The molecule has 4 nitrogen and oxygen atoms in total. The maximum Gasteiger partial charge on any atom is 0.312 e. The van der Waals surface area contributed by atoms with Crippen molar-refractivity contribution in [2.24, 2.45) is 16.7 Å². The lowest BCUT2D eigenvalue weighted by atomic mass is 9.72. The summed E-state index contributed by atoms with van der Waals surface area (Å²) in [6.45, 7) is 11.8. The summed E-state index contributed by atoms with van der Waals surface area (Å²) in [4.78, 5) is 26.1. The minimum Gasteiger partial charge on any atom is -0.462 e. The van der Waals surface area contributed by atoms with Gasteiger partial charge >= 0.3 is 11.9 Å². The van der Waals surface area contributed by atoms with Crippen molar-refractivity contribution in [1.29, 1.82) is 0 Å². The smallest absolute Gasteiger partial charge is 0.312 e. The molecule has 0 bridgehead atoms. The van der Waals surface area contributed by atoms with Gasteiger partial charge in [0, 0.05) is 0 Å². The van der Waals surface area contributed by atoms with E-state index >= 15 is 0 Å². The van der Waals surface area contributed by atoms with E-state index in [2.05, 4.69) is 0 Å². The molecule has 1 unspecified atom stereocenters. The molecule has 0 radical (unpaired) electrons. The van der Waals surface area contributed by atoms with Gasteiger partial charge in [0.15, 0.2) is 0 Å². The van der Waals surface area contributed by atoms with Crippen molar-refractivity contribution < 1.29 is 19.1 Å². The van der Waals surface area contributed by atoms with Gasteiger partial charge in [-0.25, -0.2) is 0 Å². The van der Waals surface area contributed by atoms with E-state index in [4.69, 9.17) is 9.47 Å². The first-order valence-electron chi connectivity index (χ1n) is 11.4. The number of carbonyl (C=O) groups is 2. The number of rotatable bonds is 8. The van der Waals surface area contributed by atoms with Crippen molar-refractivity contribution in [2.75, 3.05) is 0 Å². The lowest BCUT2D eigenvalue weighted by molar-refractivity contribution is -0.178. The van der Waals surface area contributed by atoms with E-state index < -0.39 is 16.4 Å². The third-order valence-electron chi connectivity index (χ3n) is 7.18. The van der Waals surface area contributed by atoms with Crippen molar-refractivity contribution in [2.45, 2.75) is 124 Å². The molecule has 0 aromatic carbocycles. The van der Waals surface area contributed by atoms with E-state index in [1.807, 2.05) is 41.5 Å². The van der Waals surface area contributed by atoms with Gasteiger partial charge in [0.1, 0.15) is 11.7 Å². The van der Waals surface area contributed by atoms with Crippen LogP contribution in [0.25, 0.3) is 0 Å². The summed E-state index contributed by atoms with van der Waals surface area (Å²) in [6, 6.07) is 0. The van der Waals surface area contributed by atoms with Crippen LogP contribution in [-0.4, -0.2) is 23.6 Å². The summed E-state index contributed by atoms with van der Waals surface area (Å²) in [7, 11) is 0. The molecule has 4 heteroatoms. The van der Waals surface area contributed by atoms with E-state index in [0.29, 0.717) is 18.8 Å². The molecule has 0 aromatic heterocycles. The van der Waals surface area contributed by atoms with Gasteiger partial charge in [-0.1, -0.05) is 26.2 Å². The zero-order valence-electron chi connectivity index (χ0n) is 19.1. The first-order valence-corrected chi connectivity index (χ1v) is 11.4. The summed E-state index contributed by atoms with van der Waals surface area (Å²) in [6.07, 6.45) is 11.2. The van der Waals surface area contributed by atoms with Crippen LogP contribution in [0.2, 0.25) is 0 Å². The second-order valence-electron chi connectivity index (χ2n) is 10.6. The van der Waals surface area contributed by atoms with E-state index in [1.165, 1.54) is 19.3 Å². The van der Waals surface area contributed by atoms with Gasteiger partial charge < -0.3 is 9.47 Å². The molecule has 0 N–H and O–H groups in total. The Morgan fingerprint density at radius 2 is 1.36 bits per heavy atom. The fourth-order valence-corrected chi connectivity index (χ4v) is 4.95. The first-order chi connectivity index (χ1) is 13.0. The van der Waals surface area contributed by atoms with Crippen LogP contribution in [0, 0.1) is 16.7 Å². The molecule has 0 amide bonds. The van der Waals surface area contributed by atoms with Gasteiger partial charge in [0.2, 0.25) is 0 Å². The predicted octanol–water partition coefficient (Wildman–Crippen LogP) is 6.21. The standard InChI is InChI=1S/C24H42O4/c1-7-24(6,21(26)28-23(4,5)18-13-11-12-14-18)17-22(2,3)20(25)27-19-15-9-8-10-16-19/h18-19H,7-17H2,1-6H3. The van der Waals surface area contributed by atoms with Crippen molar-refractivity contribution in [3.8, 4) is 0 Å². The Kier molecular flexibility index (Phi) is 7.61. The Morgan fingerprint density at radius 1 is 0.821 bits per heavy atom. The minimum atomic E-state index is -0.710. The van der Waals surface area contributed by atoms with E-state index in [9.17, 15) is 9.59 Å². The van der Waals surface area contributed by atoms with Gasteiger partial charge in [-0.15, -0.1) is 0 Å². The topological polar surface area (TPSA) is 52.6 Å². The molecule has 0 heterocycles. The SMILES string of the molecule is CCC(C)(CC(C)(C)C(=O)OC1CCCCC1)C(=O)OC(C)(C)C1CCCC1. The maximum atomic E-state index is 13.2. The molecule has 2 fully saturated rings. The van der Waals surface area contributed by atoms with Crippen molar-refractivity contribution in [3.63, 3.8) is 0 Å². The molecule has 2 aliphatic rings. The molecular weight excluding hydrogens is 352 g/mol. The number of hydrogen-bond acceptors (Lipinski definition) is 4. The van der Waals surface area contributed by atoms with Gasteiger partial charge in [-0.2, -0.15) is 0 Å². The first kappa shape index (κ1) is 23.2. The third-order valence-corrected chi connectivity index (χ3v) is 7.18. The van der Waals surface area contributed by atoms with Gasteiger partial charge in [0.05, 0.1) is 10.8 Å². The maximum absolute atomic E-state index is 13.2. The molecule has 0 spiro atoms. The predicted molar refractivity (Wildman–Crippen MR) is 112 cm³/mol. The molecular formula is C24H42O4. The Morgan fingerprint density at radius 3 is 1.89 bits per heavy atom. The van der Waals surface area contributed by atoms with E-state index in [0.717, 1.165) is 38.5 Å². The van der Waals surface area contributed by atoms with Gasteiger partial charge in [0.25, 0.3) is 0 Å². The van der Waals surface area contributed by atoms with Crippen LogP contribution in [0.5, 0.6) is 0 Å². The van der Waals surface area contributed by atoms with Crippen LogP contribution in [0.3, 0.4) is 0 Å². The second kappa shape index (κ2) is 9.17. The molecule has 2 rings (SSSR count). The molecule has 0 saturated heterocycles. The Hall–Kier alpha value is -1.06. The van der Waals surface area contributed by atoms with Crippen LogP contribution in [0.4, 0.5) is 0 Å². The quantitative estimate of drug-likeness (QED) is 0.459. The average Bonchev–Trinajstić information content (AvgIpc) is 3.17. The van der Waals surface area contributed by atoms with Crippen molar-refractivity contribution >= 4 is 11.9 Å². The zero-order valence-corrected chi connectivity index (χ0v) is 19.1. The minimum absolute atomic E-state index is 0.0432. The number of hydrogen-bond donors (Lipinski definition) is 0. The number of ether oxygens (including phenoxy) is 2.